The van der Waals surface area contributed by atoms with Crippen molar-refractivity contribution >= 4 is 17.7 Å². The summed E-state index contributed by atoms with van der Waals surface area (Å²) in [7, 11) is 0. The second-order valence-electron chi connectivity index (χ2n) is 5.55. The van der Waals surface area contributed by atoms with Crippen molar-refractivity contribution in [2.45, 2.75) is 64.6 Å². The standard InChI is InChI=1S/C13H24F2O2S/c1-13(2,3)11(12(16)17)18-9-7-5-4-6-8-10(14)15/h10-11H,4-9H2,1-3H3,(H,16,17). The number of rotatable bonds is 9. The fraction of sp³-hybridized carbons (Fsp3) is 0.923. The number of carboxylic acid groups (broad SMARTS) is 1. The summed E-state index contributed by atoms with van der Waals surface area (Å²) in [5.74, 6) is 0.00771. The molecule has 0 spiro atoms. The van der Waals surface area contributed by atoms with Gasteiger partial charge in [-0.25, -0.2) is 8.78 Å². The Morgan fingerprint density at radius 2 is 1.72 bits per heavy atom. The van der Waals surface area contributed by atoms with Gasteiger partial charge in [0.05, 0.1) is 0 Å². The maximum atomic E-state index is 11.9. The summed E-state index contributed by atoms with van der Waals surface area (Å²) in [5.41, 5.74) is -0.258. The average molecular weight is 282 g/mol. The lowest BCUT2D eigenvalue weighted by Gasteiger charge is -2.26. The molecule has 0 aromatic rings. The second-order valence-corrected chi connectivity index (χ2v) is 6.76. The summed E-state index contributed by atoms with van der Waals surface area (Å²) in [6, 6.07) is 0. The van der Waals surface area contributed by atoms with Crippen LogP contribution in [0.25, 0.3) is 0 Å². The number of halogens is 2. The Balaban J connectivity index is 3.66. The molecule has 0 aromatic heterocycles. The number of aliphatic carboxylic acids is 1. The normalized spacial score (nSPS) is 13.9. The van der Waals surface area contributed by atoms with E-state index in [1.165, 1.54) is 11.8 Å². The van der Waals surface area contributed by atoms with Gasteiger partial charge in [-0.05, 0) is 24.0 Å². The molecule has 0 aliphatic rings. The Morgan fingerprint density at radius 3 is 2.17 bits per heavy atom. The van der Waals surface area contributed by atoms with Crippen LogP contribution in [0.3, 0.4) is 0 Å². The number of alkyl halides is 2. The number of thioether (sulfide) groups is 1. The predicted molar refractivity (Wildman–Crippen MR) is 72.4 cm³/mol. The highest BCUT2D eigenvalue weighted by Gasteiger charge is 2.31. The number of unbranched alkanes of at least 4 members (excludes halogenated alkanes) is 3. The lowest BCUT2D eigenvalue weighted by molar-refractivity contribution is -0.138. The van der Waals surface area contributed by atoms with Gasteiger partial charge in [-0.3, -0.25) is 4.79 Å². The van der Waals surface area contributed by atoms with E-state index in [-0.39, 0.29) is 11.8 Å². The van der Waals surface area contributed by atoms with E-state index >= 15 is 0 Å². The summed E-state index contributed by atoms with van der Waals surface area (Å²) in [5, 5.41) is 8.70. The Morgan fingerprint density at radius 1 is 1.17 bits per heavy atom. The molecule has 18 heavy (non-hydrogen) atoms. The topological polar surface area (TPSA) is 37.3 Å². The minimum absolute atomic E-state index is 0.0209. The molecule has 1 N–H and O–H groups in total. The van der Waals surface area contributed by atoms with Gasteiger partial charge in [-0.1, -0.05) is 33.6 Å². The Hall–Kier alpha value is -0.320. The lowest BCUT2D eigenvalue weighted by Crippen LogP contribution is -2.31. The summed E-state index contributed by atoms with van der Waals surface area (Å²) in [6.45, 7) is 5.75. The molecule has 2 nitrogen and oxygen atoms in total. The minimum Gasteiger partial charge on any atom is -0.480 e. The van der Waals surface area contributed by atoms with Crippen molar-refractivity contribution in [3.05, 3.63) is 0 Å². The lowest BCUT2D eigenvalue weighted by atomic mass is 9.92. The zero-order valence-corrected chi connectivity index (χ0v) is 12.2. The fourth-order valence-electron chi connectivity index (χ4n) is 1.65. The van der Waals surface area contributed by atoms with Crippen molar-refractivity contribution < 1.29 is 18.7 Å². The van der Waals surface area contributed by atoms with Gasteiger partial charge in [-0.2, -0.15) is 0 Å². The Labute approximate surface area is 113 Å². The zero-order chi connectivity index (χ0) is 14.2. The van der Waals surface area contributed by atoms with Crippen LogP contribution in [0.4, 0.5) is 8.78 Å². The molecule has 0 aromatic carbocycles. The smallest absolute Gasteiger partial charge is 0.317 e. The van der Waals surface area contributed by atoms with E-state index in [0.29, 0.717) is 6.42 Å². The molecular weight excluding hydrogens is 258 g/mol. The number of carbonyl (C=O) groups is 1. The van der Waals surface area contributed by atoms with Crippen LogP contribution in [0, 0.1) is 5.41 Å². The largest absolute Gasteiger partial charge is 0.480 e. The van der Waals surface area contributed by atoms with Crippen molar-refractivity contribution in [3.63, 3.8) is 0 Å². The highest BCUT2D eigenvalue weighted by atomic mass is 32.2. The molecule has 5 heteroatoms. The molecule has 0 aliphatic carbocycles. The van der Waals surface area contributed by atoms with Crippen LogP contribution in [0.1, 0.15) is 52.9 Å². The molecule has 0 fully saturated rings. The van der Waals surface area contributed by atoms with Crippen molar-refractivity contribution in [1.82, 2.24) is 0 Å². The highest BCUT2D eigenvalue weighted by molar-refractivity contribution is 8.00. The Bertz CT molecular complexity index is 240. The molecule has 0 aliphatic heterocycles. The molecule has 0 saturated heterocycles. The van der Waals surface area contributed by atoms with Crippen LogP contribution in [-0.4, -0.2) is 28.5 Å². The van der Waals surface area contributed by atoms with Crippen molar-refractivity contribution in [2.24, 2.45) is 5.41 Å². The highest BCUT2D eigenvalue weighted by Crippen LogP contribution is 2.31. The van der Waals surface area contributed by atoms with E-state index in [9.17, 15) is 13.6 Å². The van der Waals surface area contributed by atoms with Crippen LogP contribution in [0.15, 0.2) is 0 Å². The first kappa shape index (κ1) is 17.7. The number of hydrogen-bond acceptors (Lipinski definition) is 2. The molecule has 0 bridgehead atoms. The van der Waals surface area contributed by atoms with Crippen LogP contribution < -0.4 is 0 Å². The minimum atomic E-state index is -2.20. The van der Waals surface area contributed by atoms with Gasteiger partial charge in [0.25, 0.3) is 0 Å². The van der Waals surface area contributed by atoms with Crippen LogP contribution in [0.2, 0.25) is 0 Å². The summed E-state index contributed by atoms with van der Waals surface area (Å²) >= 11 is 1.45. The second kappa shape index (κ2) is 8.73. The van der Waals surface area contributed by atoms with E-state index in [1.54, 1.807) is 0 Å². The van der Waals surface area contributed by atoms with Gasteiger partial charge in [0.15, 0.2) is 0 Å². The van der Waals surface area contributed by atoms with Gasteiger partial charge < -0.3 is 5.11 Å². The summed E-state index contributed by atoms with van der Waals surface area (Å²) in [6.07, 6.45) is 0.940. The van der Waals surface area contributed by atoms with Gasteiger partial charge in [0, 0.05) is 6.42 Å². The first-order valence-corrected chi connectivity index (χ1v) is 7.42. The summed E-state index contributed by atoms with van der Waals surface area (Å²) < 4.78 is 23.7. The first-order chi connectivity index (χ1) is 8.25. The first-order valence-electron chi connectivity index (χ1n) is 6.37. The third kappa shape index (κ3) is 8.72. The van der Waals surface area contributed by atoms with Crippen molar-refractivity contribution in [3.8, 4) is 0 Å². The molecule has 0 heterocycles. The van der Waals surface area contributed by atoms with Gasteiger partial charge in [0.2, 0.25) is 6.43 Å². The van der Waals surface area contributed by atoms with E-state index in [2.05, 4.69) is 0 Å². The third-order valence-corrected chi connectivity index (χ3v) is 4.38. The molecule has 108 valence electrons. The quantitative estimate of drug-likeness (QED) is 0.635. The average Bonchev–Trinajstić information content (AvgIpc) is 2.18. The van der Waals surface area contributed by atoms with Crippen molar-refractivity contribution in [1.29, 1.82) is 0 Å². The van der Waals surface area contributed by atoms with E-state index in [1.807, 2.05) is 20.8 Å². The molecular formula is C13H24F2O2S. The molecule has 1 unspecified atom stereocenters. The van der Waals surface area contributed by atoms with E-state index < -0.39 is 17.6 Å². The van der Waals surface area contributed by atoms with E-state index in [0.717, 1.165) is 25.0 Å². The fourth-order valence-corrected chi connectivity index (χ4v) is 2.90. The number of hydrogen-bond donors (Lipinski definition) is 1. The van der Waals surface area contributed by atoms with Crippen LogP contribution >= 0.6 is 11.8 Å². The maximum absolute atomic E-state index is 11.9. The summed E-state index contributed by atoms with van der Waals surface area (Å²) in [4.78, 5) is 11.1. The van der Waals surface area contributed by atoms with Gasteiger partial charge in [0.1, 0.15) is 5.25 Å². The number of carboxylic acids is 1. The monoisotopic (exact) mass is 282 g/mol. The maximum Gasteiger partial charge on any atom is 0.317 e. The van der Waals surface area contributed by atoms with Crippen LogP contribution in [0.5, 0.6) is 0 Å². The third-order valence-electron chi connectivity index (χ3n) is 2.61. The van der Waals surface area contributed by atoms with E-state index in [4.69, 9.17) is 5.11 Å². The van der Waals surface area contributed by atoms with Gasteiger partial charge in [-0.15, -0.1) is 11.8 Å². The van der Waals surface area contributed by atoms with Gasteiger partial charge >= 0.3 is 5.97 Å². The molecule has 1 atom stereocenters. The molecule has 0 saturated carbocycles. The van der Waals surface area contributed by atoms with Crippen molar-refractivity contribution in [2.75, 3.05) is 5.75 Å². The molecule has 0 radical (unpaired) electrons. The molecule has 0 amide bonds. The Kier molecular flexibility index (Phi) is 8.57. The molecule has 0 rings (SSSR count). The van der Waals surface area contributed by atoms with Crippen LogP contribution in [-0.2, 0) is 4.79 Å². The SMILES string of the molecule is CC(C)(C)C(SCCCCCCC(F)F)C(=O)O. The zero-order valence-electron chi connectivity index (χ0n) is 11.4. The predicted octanol–water partition coefficient (Wildman–Crippen LogP) is 4.43.